The van der Waals surface area contributed by atoms with Gasteiger partial charge in [0.15, 0.2) is 0 Å². The fourth-order valence-electron chi connectivity index (χ4n) is 7.79. The Balaban J connectivity index is 1.21. The van der Waals surface area contributed by atoms with Gasteiger partial charge >= 0.3 is 0 Å². The van der Waals surface area contributed by atoms with Gasteiger partial charge in [0.2, 0.25) is 0 Å². The molecule has 10 rings (SSSR count). The van der Waals surface area contributed by atoms with Crippen molar-refractivity contribution in [1.82, 2.24) is 4.98 Å². The second-order valence-electron chi connectivity index (χ2n) is 13.4. The Morgan fingerprint density at radius 2 is 1.17 bits per heavy atom. The number of anilines is 1. The van der Waals surface area contributed by atoms with Gasteiger partial charge < -0.3 is 4.90 Å². The van der Waals surface area contributed by atoms with Gasteiger partial charge in [-0.1, -0.05) is 133 Å². The number of aromatic nitrogens is 1. The molecule has 0 N–H and O–H groups in total. The van der Waals surface area contributed by atoms with Crippen molar-refractivity contribution >= 4 is 54.4 Å². The molecular weight excluding hydrogens is 651 g/mol. The molecule has 0 radical (unpaired) electrons. The van der Waals surface area contributed by atoms with Crippen LogP contribution in [0.4, 0.5) is 5.69 Å². The minimum atomic E-state index is -0.248. The third kappa shape index (κ3) is 5.11. The van der Waals surface area contributed by atoms with E-state index in [1.54, 1.807) is 0 Å². The maximum atomic E-state index is 5.61. The van der Waals surface area contributed by atoms with Gasteiger partial charge in [-0.2, -0.15) is 0 Å². The zero-order valence-corrected chi connectivity index (χ0v) is 29.4. The summed E-state index contributed by atoms with van der Waals surface area (Å²) in [7, 11) is 2.20. The number of fused-ring (bicyclic) bond motifs is 6. The van der Waals surface area contributed by atoms with Crippen molar-refractivity contribution in [3.8, 4) is 33.5 Å². The van der Waals surface area contributed by atoms with Crippen molar-refractivity contribution in [2.24, 2.45) is 4.99 Å². The lowest BCUT2D eigenvalue weighted by molar-refractivity contribution is 0.703. The largest absolute Gasteiger partial charge is 0.347 e. The molecule has 2 aromatic heterocycles. The van der Waals surface area contributed by atoms with Crippen LogP contribution in [0.1, 0.15) is 22.2 Å². The maximum Gasteiger partial charge on any atom is 0.147 e. The van der Waals surface area contributed by atoms with Crippen LogP contribution in [0.2, 0.25) is 0 Å². The molecule has 3 nitrogen and oxygen atoms in total. The predicted molar refractivity (Wildman–Crippen MR) is 221 cm³/mol. The third-order valence-electron chi connectivity index (χ3n) is 10.3. The molecule has 1 aliphatic rings. The first-order valence-corrected chi connectivity index (χ1v) is 18.5. The van der Waals surface area contributed by atoms with Crippen LogP contribution in [-0.2, 0) is 0 Å². The van der Waals surface area contributed by atoms with E-state index in [9.17, 15) is 0 Å². The van der Waals surface area contributed by atoms with Crippen molar-refractivity contribution < 1.29 is 0 Å². The van der Waals surface area contributed by atoms with Crippen LogP contribution < -0.4 is 4.90 Å². The molecule has 0 saturated carbocycles. The van der Waals surface area contributed by atoms with Gasteiger partial charge in [0.05, 0.1) is 22.0 Å². The van der Waals surface area contributed by atoms with Crippen molar-refractivity contribution in [1.29, 1.82) is 0 Å². The average Bonchev–Trinajstić information content (AvgIpc) is 3.61. The first-order valence-electron chi connectivity index (χ1n) is 17.7. The average molecular weight is 684 g/mol. The fraction of sp³-hybridized carbons (Fsp3) is 0.0417. The van der Waals surface area contributed by atoms with Crippen LogP contribution in [0.15, 0.2) is 181 Å². The molecule has 246 valence electrons. The van der Waals surface area contributed by atoms with Crippen molar-refractivity contribution in [3.05, 3.63) is 192 Å². The Morgan fingerprint density at radius 3 is 1.94 bits per heavy atom. The minimum Gasteiger partial charge on any atom is -0.347 e. The molecule has 52 heavy (non-hydrogen) atoms. The lowest BCUT2D eigenvalue weighted by atomic mass is 9.90. The van der Waals surface area contributed by atoms with E-state index in [1.165, 1.54) is 47.8 Å². The summed E-state index contributed by atoms with van der Waals surface area (Å²) in [5.41, 5.74) is 11.2. The lowest BCUT2D eigenvalue weighted by Gasteiger charge is -2.33. The molecule has 0 aliphatic carbocycles. The molecule has 9 aromatic rings. The van der Waals surface area contributed by atoms with Gasteiger partial charge in [0, 0.05) is 40.0 Å². The second kappa shape index (κ2) is 12.4. The highest BCUT2D eigenvalue weighted by molar-refractivity contribution is 7.22. The summed E-state index contributed by atoms with van der Waals surface area (Å²) in [5, 5.41) is 6.24. The summed E-state index contributed by atoms with van der Waals surface area (Å²) >= 11 is 1.82. The zero-order chi connectivity index (χ0) is 34.6. The fourth-order valence-corrected chi connectivity index (χ4v) is 9.05. The minimum absolute atomic E-state index is 0.248. The van der Waals surface area contributed by atoms with Crippen molar-refractivity contribution in [2.75, 3.05) is 11.9 Å². The highest BCUT2D eigenvalue weighted by Gasteiger charge is 2.31. The molecule has 4 heteroatoms. The van der Waals surface area contributed by atoms with Crippen LogP contribution >= 0.6 is 11.3 Å². The molecule has 0 bridgehead atoms. The van der Waals surface area contributed by atoms with E-state index >= 15 is 0 Å². The number of thiophene rings is 1. The summed E-state index contributed by atoms with van der Waals surface area (Å²) in [6, 6.07) is 60.9. The van der Waals surface area contributed by atoms with Gasteiger partial charge in [0.25, 0.3) is 0 Å². The Kier molecular flexibility index (Phi) is 7.29. The van der Waals surface area contributed by atoms with Gasteiger partial charge in [-0.05, 0) is 80.2 Å². The van der Waals surface area contributed by atoms with E-state index in [4.69, 9.17) is 9.98 Å². The number of benzene rings is 7. The highest BCUT2D eigenvalue weighted by Crippen LogP contribution is 2.47. The monoisotopic (exact) mass is 683 g/mol. The second-order valence-corrected chi connectivity index (χ2v) is 14.5. The topological polar surface area (TPSA) is 28.5 Å². The standard InChI is InChI=1S/C48H33N3S/c1-51-46-41-22-12-13-23-44(41)52-47(46)45(32-16-6-3-7-17-32)50-48(51)37-27-35(34-24-25-43(49-30-34)31-14-4-2-5-15-31)26-36(28-37)42-29-33-18-8-9-19-38(33)39-20-10-11-21-40(39)42/h2-30,48H,1H3. The van der Waals surface area contributed by atoms with Crippen LogP contribution in [0.5, 0.6) is 0 Å². The summed E-state index contributed by atoms with van der Waals surface area (Å²) in [6.07, 6.45) is 1.76. The Bertz CT molecular complexity index is 2800. The van der Waals surface area contributed by atoms with E-state index in [2.05, 4.69) is 176 Å². The van der Waals surface area contributed by atoms with Crippen LogP contribution in [-0.4, -0.2) is 17.7 Å². The molecular formula is C48H33N3S. The molecule has 7 aromatic carbocycles. The van der Waals surface area contributed by atoms with E-state index in [0.717, 1.165) is 44.8 Å². The molecule has 0 spiro atoms. The van der Waals surface area contributed by atoms with Crippen molar-refractivity contribution in [3.63, 3.8) is 0 Å². The van der Waals surface area contributed by atoms with Gasteiger partial charge in [-0.25, -0.2) is 0 Å². The number of rotatable bonds is 5. The summed E-state index contributed by atoms with van der Waals surface area (Å²) in [4.78, 5) is 14.1. The molecule has 0 amide bonds. The van der Waals surface area contributed by atoms with E-state index in [1.807, 2.05) is 23.6 Å². The number of pyridine rings is 1. The van der Waals surface area contributed by atoms with Gasteiger partial charge in [-0.15, -0.1) is 11.3 Å². The van der Waals surface area contributed by atoms with E-state index in [0.29, 0.717) is 0 Å². The summed E-state index contributed by atoms with van der Waals surface area (Å²) in [5.74, 6) is 0. The maximum absolute atomic E-state index is 5.61. The lowest BCUT2D eigenvalue weighted by Crippen LogP contribution is -2.29. The van der Waals surface area contributed by atoms with Crippen LogP contribution in [0.3, 0.4) is 0 Å². The van der Waals surface area contributed by atoms with E-state index < -0.39 is 0 Å². The number of nitrogens with zero attached hydrogens (tertiary/aromatic N) is 3. The van der Waals surface area contributed by atoms with Gasteiger partial charge in [0.1, 0.15) is 6.17 Å². The molecule has 3 heterocycles. The smallest absolute Gasteiger partial charge is 0.147 e. The predicted octanol–water partition coefficient (Wildman–Crippen LogP) is 12.6. The molecule has 1 unspecified atom stereocenters. The SMILES string of the molecule is CN1c2c(sc3ccccc23)C(c2ccccc2)=NC1c1cc(-c2ccc(-c3ccccc3)nc2)cc(-c2cc3ccccc3c3ccccc23)c1. The number of hydrogen-bond acceptors (Lipinski definition) is 4. The molecule has 1 atom stereocenters. The number of aliphatic imine (C=N–C) groups is 1. The van der Waals surface area contributed by atoms with Crippen LogP contribution in [0, 0.1) is 0 Å². The van der Waals surface area contributed by atoms with Crippen LogP contribution in [0.25, 0.3) is 65.1 Å². The molecule has 1 aliphatic heterocycles. The van der Waals surface area contributed by atoms with Crippen molar-refractivity contribution in [2.45, 2.75) is 6.17 Å². The Hall–Kier alpha value is -6.36. The highest BCUT2D eigenvalue weighted by atomic mass is 32.1. The normalized spacial score (nSPS) is 14.1. The zero-order valence-electron chi connectivity index (χ0n) is 28.6. The molecule has 0 fully saturated rings. The number of hydrogen-bond donors (Lipinski definition) is 0. The summed E-state index contributed by atoms with van der Waals surface area (Å²) in [6.45, 7) is 0. The first kappa shape index (κ1) is 30.5. The molecule has 0 saturated heterocycles. The van der Waals surface area contributed by atoms with E-state index in [-0.39, 0.29) is 6.17 Å². The summed E-state index contributed by atoms with van der Waals surface area (Å²) < 4.78 is 1.27. The van der Waals surface area contributed by atoms with Gasteiger partial charge in [-0.3, -0.25) is 9.98 Å². The Labute approximate surface area is 306 Å². The quantitative estimate of drug-likeness (QED) is 0.169. The first-order chi connectivity index (χ1) is 25.7. The Morgan fingerprint density at radius 1 is 0.519 bits per heavy atom. The third-order valence-corrected chi connectivity index (χ3v) is 11.5.